The summed E-state index contributed by atoms with van der Waals surface area (Å²) in [5.41, 5.74) is 2.33. The summed E-state index contributed by atoms with van der Waals surface area (Å²) in [5.74, 6) is -0.774. The van der Waals surface area contributed by atoms with Crippen LogP contribution in [0.15, 0.2) is 24.3 Å². The number of benzene rings is 1. The van der Waals surface area contributed by atoms with Crippen molar-refractivity contribution in [2.75, 3.05) is 6.54 Å². The Morgan fingerprint density at radius 2 is 1.75 bits per heavy atom. The molecule has 0 amide bonds. The van der Waals surface area contributed by atoms with Crippen molar-refractivity contribution in [2.24, 2.45) is 0 Å². The fourth-order valence-corrected chi connectivity index (χ4v) is 2.57. The monoisotopic (exact) mass is 277 g/mol. The smallest absolute Gasteiger partial charge is 0.317 e. The van der Waals surface area contributed by atoms with E-state index in [1.54, 1.807) is 0 Å². The molecular weight excluding hydrogens is 250 g/mol. The second-order valence-electron chi connectivity index (χ2n) is 6.21. The molecule has 0 aliphatic carbocycles. The number of hydrogen-bond donors (Lipinski definition) is 1. The fraction of sp³-hybridized carbons (Fsp3) is 0.588. The summed E-state index contributed by atoms with van der Waals surface area (Å²) in [6, 6.07) is 8.68. The first-order chi connectivity index (χ1) is 9.29. The minimum atomic E-state index is -0.774. The SMILES string of the molecule is CCc1ccc(C(CC)N(CC(=O)O)C(C)(C)C)cc1. The van der Waals surface area contributed by atoms with Crippen molar-refractivity contribution < 1.29 is 9.90 Å². The highest BCUT2D eigenvalue weighted by molar-refractivity contribution is 5.69. The summed E-state index contributed by atoms with van der Waals surface area (Å²) < 4.78 is 0. The molecule has 1 aromatic rings. The molecule has 0 aromatic heterocycles. The van der Waals surface area contributed by atoms with Gasteiger partial charge < -0.3 is 5.11 Å². The molecule has 0 heterocycles. The van der Waals surface area contributed by atoms with Gasteiger partial charge in [0.05, 0.1) is 6.54 Å². The normalized spacial score (nSPS) is 13.5. The van der Waals surface area contributed by atoms with Crippen LogP contribution in [0.25, 0.3) is 0 Å². The minimum absolute atomic E-state index is 0.0670. The molecule has 0 radical (unpaired) electrons. The van der Waals surface area contributed by atoms with Gasteiger partial charge in [-0.15, -0.1) is 0 Å². The average Bonchev–Trinajstić information content (AvgIpc) is 2.37. The molecule has 112 valence electrons. The van der Waals surface area contributed by atoms with Crippen LogP contribution in [0.2, 0.25) is 0 Å². The van der Waals surface area contributed by atoms with Crippen LogP contribution in [0.1, 0.15) is 58.2 Å². The van der Waals surface area contributed by atoms with E-state index in [0.29, 0.717) is 0 Å². The Morgan fingerprint density at radius 1 is 1.20 bits per heavy atom. The summed E-state index contributed by atoms with van der Waals surface area (Å²) >= 11 is 0. The van der Waals surface area contributed by atoms with Crippen LogP contribution in [0.3, 0.4) is 0 Å². The van der Waals surface area contributed by atoms with Crippen molar-refractivity contribution in [3.05, 3.63) is 35.4 Å². The predicted octanol–water partition coefficient (Wildman–Crippen LogP) is 3.89. The minimum Gasteiger partial charge on any atom is -0.480 e. The number of carboxylic acids is 1. The molecule has 1 N–H and O–H groups in total. The van der Waals surface area contributed by atoms with Gasteiger partial charge in [0.15, 0.2) is 0 Å². The number of nitrogens with zero attached hydrogens (tertiary/aromatic N) is 1. The molecule has 0 saturated heterocycles. The Bertz CT molecular complexity index is 431. The number of aliphatic carboxylic acids is 1. The summed E-state index contributed by atoms with van der Waals surface area (Å²) in [7, 11) is 0. The zero-order chi connectivity index (χ0) is 15.3. The largest absolute Gasteiger partial charge is 0.480 e. The van der Waals surface area contributed by atoms with Gasteiger partial charge in [-0.1, -0.05) is 38.1 Å². The zero-order valence-corrected chi connectivity index (χ0v) is 13.3. The highest BCUT2D eigenvalue weighted by Gasteiger charge is 2.30. The third-order valence-corrected chi connectivity index (χ3v) is 3.70. The summed E-state index contributed by atoms with van der Waals surface area (Å²) in [6.45, 7) is 10.5. The van der Waals surface area contributed by atoms with E-state index in [1.807, 2.05) is 0 Å². The second kappa shape index (κ2) is 6.89. The third kappa shape index (κ3) is 4.34. The van der Waals surface area contributed by atoms with E-state index in [4.69, 9.17) is 0 Å². The quantitative estimate of drug-likeness (QED) is 0.857. The number of carboxylic acid groups (broad SMARTS) is 1. The molecule has 0 spiro atoms. The number of rotatable bonds is 6. The molecule has 1 atom stereocenters. The molecule has 0 aliphatic heterocycles. The Morgan fingerprint density at radius 3 is 2.10 bits per heavy atom. The lowest BCUT2D eigenvalue weighted by molar-refractivity contribution is -0.140. The molecule has 0 fully saturated rings. The van der Waals surface area contributed by atoms with Crippen molar-refractivity contribution in [2.45, 2.75) is 59.0 Å². The van der Waals surface area contributed by atoms with Gasteiger partial charge in [0, 0.05) is 11.6 Å². The Kier molecular flexibility index (Phi) is 5.75. The summed E-state index contributed by atoms with van der Waals surface area (Å²) in [5, 5.41) is 9.18. The maximum absolute atomic E-state index is 11.2. The van der Waals surface area contributed by atoms with Crippen LogP contribution in [0, 0.1) is 0 Å². The van der Waals surface area contributed by atoms with Gasteiger partial charge in [0.1, 0.15) is 0 Å². The maximum Gasteiger partial charge on any atom is 0.317 e. The summed E-state index contributed by atoms with van der Waals surface area (Å²) in [4.78, 5) is 13.2. The van der Waals surface area contributed by atoms with E-state index in [9.17, 15) is 9.90 Å². The maximum atomic E-state index is 11.2. The topological polar surface area (TPSA) is 40.5 Å². The first-order valence-electron chi connectivity index (χ1n) is 7.37. The first kappa shape index (κ1) is 16.7. The van der Waals surface area contributed by atoms with Crippen molar-refractivity contribution >= 4 is 5.97 Å². The lowest BCUT2D eigenvalue weighted by atomic mass is 9.95. The summed E-state index contributed by atoms with van der Waals surface area (Å²) in [6.07, 6.45) is 1.92. The van der Waals surface area contributed by atoms with E-state index in [2.05, 4.69) is 63.8 Å². The second-order valence-corrected chi connectivity index (χ2v) is 6.21. The van der Waals surface area contributed by atoms with Crippen LogP contribution < -0.4 is 0 Å². The van der Waals surface area contributed by atoms with Crippen LogP contribution in [-0.2, 0) is 11.2 Å². The van der Waals surface area contributed by atoms with E-state index in [-0.39, 0.29) is 18.1 Å². The molecule has 3 heteroatoms. The number of aryl methyl sites for hydroxylation is 1. The van der Waals surface area contributed by atoms with Crippen LogP contribution in [0.5, 0.6) is 0 Å². The molecule has 0 bridgehead atoms. The van der Waals surface area contributed by atoms with Crippen molar-refractivity contribution in [3.8, 4) is 0 Å². The Hall–Kier alpha value is -1.35. The molecule has 1 aromatic carbocycles. The van der Waals surface area contributed by atoms with Crippen molar-refractivity contribution in [1.29, 1.82) is 0 Å². The Labute approximate surface area is 122 Å². The molecule has 0 saturated carbocycles. The van der Waals surface area contributed by atoms with E-state index < -0.39 is 5.97 Å². The zero-order valence-electron chi connectivity index (χ0n) is 13.3. The van der Waals surface area contributed by atoms with Crippen LogP contribution in [0.4, 0.5) is 0 Å². The highest BCUT2D eigenvalue weighted by Crippen LogP contribution is 2.30. The number of hydrogen-bond acceptors (Lipinski definition) is 2. The van der Waals surface area contributed by atoms with Gasteiger partial charge in [0.2, 0.25) is 0 Å². The van der Waals surface area contributed by atoms with E-state index in [0.717, 1.165) is 12.8 Å². The molecule has 0 aliphatic rings. The third-order valence-electron chi connectivity index (χ3n) is 3.70. The number of carbonyl (C=O) groups is 1. The lowest BCUT2D eigenvalue weighted by Gasteiger charge is -2.40. The molecule has 20 heavy (non-hydrogen) atoms. The van der Waals surface area contributed by atoms with Gasteiger partial charge >= 0.3 is 5.97 Å². The van der Waals surface area contributed by atoms with Gasteiger partial charge in [-0.2, -0.15) is 0 Å². The van der Waals surface area contributed by atoms with Crippen molar-refractivity contribution in [1.82, 2.24) is 4.90 Å². The standard InChI is InChI=1S/C17H27NO2/c1-6-13-8-10-14(11-9-13)15(7-2)18(12-16(19)20)17(3,4)5/h8-11,15H,6-7,12H2,1-5H3,(H,19,20). The molecule has 1 rings (SSSR count). The Balaban J connectivity index is 3.08. The predicted molar refractivity (Wildman–Crippen MR) is 82.9 cm³/mol. The van der Waals surface area contributed by atoms with Crippen LogP contribution in [-0.4, -0.2) is 28.1 Å². The first-order valence-corrected chi connectivity index (χ1v) is 7.37. The van der Waals surface area contributed by atoms with Gasteiger partial charge in [-0.05, 0) is 44.7 Å². The average molecular weight is 277 g/mol. The lowest BCUT2D eigenvalue weighted by Crippen LogP contribution is -2.46. The van der Waals surface area contributed by atoms with Gasteiger partial charge in [0.25, 0.3) is 0 Å². The van der Waals surface area contributed by atoms with Gasteiger partial charge in [-0.25, -0.2) is 0 Å². The van der Waals surface area contributed by atoms with Gasteiger partial charge in [-0.3, -0.25) is 9.69 Å². The molecular formula is C17H27NO2. The highest BCUT2D eigenvalue weighted by atomic mass is 16.4. The van der Waals surface area contributed by atoms with E-state index >= 15 is 0 Å². The molecule has 1 unspecified atom stereocenters. The van der Waals surface area contributed by atoms with E-state index in [1.165, 1.54) is 11.1 Å². The van der Waals surface area contributed by atoms with Crippen LogP contribution >= 0.6 is 0 Å². The van der Waals surface area contributed by atoms with Crippen molar-refractivity contribution in [3.63, 3.8) is 0 Å². The fourth-order valence-electron chi connectivity index (χ4n) is 2.57. The molecule has 3 nitrogen and oxygen atoms in total.